The van der Waals surface area contributed by atoms with E-state index in [1.807, 2.05) is 22.8 Å². The number of fused-ring (bicyclic) bond motifs is 1. The highest BCUT2D eigenvalue weighted by Gasteiger charge is 2.16. The summed E-state index contributed by atoms with van der Waals surface area (Å²) in [5.74, 6) is 1.12. The van der Waals surface area contributed by atoms with E-state index in [9.17, 15) is 10.2 Å². The fourth-order valence-electron chi connectivity index (χ4n) is 3.40. The normalized spacial score (nSPS) is 11.6. The fourth-order valence-corrected chi connectivity index (χ4v) is 3.59. The van der Waals surface area contributed by atoms with Crippen LogP contribution in [0.15, 0.2) is 54.9 Å². The Morgan fingerprint density at radius 2 is 1.85 bits per heavy atom. The number of aromatic hydroxyl groups is 1. The number of nitrogens with one attached hydrogen (secondary N) is 2. The zero-order valence-electron chi connectivity index (χ0n) is 18.6. The van der Waals surface area contributed by atoms with Crippen molar-refractivity contribution in [2.24, 2.45) is 0 Å². The van der Waals surface area contributed by atoms with Crippen molar-refractivity contribution in [1.82, 2.24) is 19.5 Å². The van der Waals surface area contributed by atoms with Crippen LogP contribution in [-0.4, -0.2) is 41.9 Å². The van der Waals surface area contributed by atoms with Crippen LogP contribution in [0.4, 0.5) is 11.8 Å². The first-order chi connectivity index (χ1) is 15.8. The molecule has 0 bridgehead atoms. The molecule has 0 spiro atoms. The second kappa shape index (κ2) is 9.64. The third-order valence-corrected chi connectivity index (χ3v) is 5.40. The highest BCUT2D eigenvalue weighted by molar-refractivity contribution is 6.30. The van der Waals surface area contributed by atoms with E-state index in [1.54, 1.807) is 38.4 Å². The summed E-state index contributed by atoms with van der Waals surface area (Å²) in [5, 5.41) is 27.2. The Morgan fingerprint density at radius 3 is 2.61 bits per heavy atom. The van der Waals surface area contributed by atoms with Crippen molar-refractivity contribution in [3.63, 3.8) is 0 Å². The van der Waals surface area contributed by atoms with Crippen molar-refractivity contribution < 1.29 is 10.2 Å². The SMILES string of the molecule is CC(C)(O)CCNc1nc(NCc2cc(Cl)ccc2O)c2ncn(Cc3ccccc3)c2n1. The van der Waals surface area contributed by atoms with Gasteiger partial charge in [-0.15, -0.1) is 0 Å². The van der Waals surface area contributed by atoms with E-state index in [-0.39, 0.29) is 5.75 Å². The van der Waals surface area contributed by atoms with Gasteiger partial charge >= 0.3 is 0 Å². The Bertz CT molecular complexity index is 1240. The molecule has 9 heteroatoms. The minimum Gasteiger partial charge on any atom is -0.508 e. The van der Waals surface area contributed by atoms with Crippen molar-refractivity contribution in [2.75, 3.05) is 17.2 Å². The molecule has 0 fully saturated rings. The molecular weight excluding hydrogens is 440 g/mol. The molecule has 0 saturated carbocycles. The number of benzene rings is 2. The number of aliphatic hydroxyl groups is 1. The molecule has 4 N–H and O–H groups in total. The molecule has 0 aliphatic heterocycles. The minimum atomic E-state index is -0.794. The van der Waals surface area contributed by atoms with Crippen molar-refractivity contribution in [2.45, 2.75) is 39.0 Å². The smallest absolute Gasteiger partial charge is 0.226 e. The molecular formula is C24H27ClN6O2. The molecule has 0 saturated heterocycles. The lowest BCUT2D eigenvalue weighted by Gasteiger charge is -2.17. The van der Waals surface area contributed by atoms with Crippen molar-refractivity contribution >= 4 is 34.5 Å². The lowest BCUT2D eigenvalue weighted by atomic mass is 10.1. The van der Waals surface area contributed by atoms with Gasteiger partial charge in [-0.2, -0.15) is 9.97 Å². The molecule has 0 aliphatic carbocycles. The Kier molecular flexibility index (Phi) is 6.67. The predicted molar refractivity (Wildman–Crippen MR) is 131 cm³/mol. The van der Waals surface area contributed by atoms with Crippen LogP contribution in [0, 0.1) is 0 Å². The van der Waals surface area contributed by atoms with Gasteiger partial charge in [-0.25, -0.2) is 4.98 Å². The molecule has 0 radical (unpaired) electrons. The van der Waals surface area contributed by atoms with Gasteiger partial charge in [0.15, 0.2) is 17.0 Å². The van der Waals surface area contributed by atoms with Crippen LogP contribution in [-0.2, 0) is 13.1 Å². The summed E-state index contributed by atoms with van der Waals surface area (Å²) in [4.78, 5) is 13.8. The van der Waals surface area contributed by atoms with Crippen LogP contribution in [0.2, 0.25) is 5.02 Å². The molecule has 2 heterocycles. The summed E-state index contributed by atoms with van der Waals surface area (Å²) < 4.78 is 1.97. The van der Waals surface area contributed by atoms with Gasteiger partial charge in [0.25, 0.3) is 0 Å². The number of phenols is 1. The molecule has 2 aromatic carbocycles. The summed E-state index contributed by atoms with van der Waals surface area (Å²) in [7, 11) is 0. The van der Waals surface area contributed by atoms with Gasteiger partial charge in [0.05, 0.1) is 18.5 Å². The first-order valence-electron chi connectivity index (χ1n) is 10.7. The zero-order valence-corrected chi connectivity index (χ0v) is 19.3. The molecule has 4 rings (SSSR count). The summed E-state index contributed by atoms with van der Waals surface area (Å²) >= 11 is 6.08. The van der Waals surface area contributed by atoms with E-state index >= 15 is 0 Å². The number of hydrogen-bond acceptors (Lipinski definition) is 7. The molecule has 0 aliphatic rings. The Hall–Kier alpha value is -3.36. The lowest BCUT2D eigenvalue weighted by Crippen LogP contribution is -2.23. The molecule has 4 aromatic rings. The van der Waals surface area contributed by atoms with E-state index in [4.69, 9.17) is 11.6 Å². The maximum absolute atomic E-state index is 10.2. The van der Waals surface area contributed by atoms with Crippen molar-refractivity contribution in [3.05, 3.63) is 71.0 Å². The van der Waals surface area contributed by atoms with E-state index in [0.29, 0.717) is 59.6 Å². The number of hydrogen-bond donors (Lipinski definition) is 4. The van der Waals surface area contributed by atoms with Crippen LogP contribution >= 0.6 is 11.6 Å². The van der Waals surface area contributed by atoms with Gasteiger partial charge in [0, 0.05) is 23.7 Å². The van der Waals surface area contributed by atoms with E-state index in [1.165, 1.54) is 0 Å². The standard InChI is InChI=1S/C24H27ClN6O2/c1-24(2,33)10-11-26-23-29-21(27-13-17-12-18(25)8-9-19(17)32)20-22(30-23)31(15-28-20)14-16-6-4-3-5-7-16/h3-9,12,15,32-33H,10-11,13-14H2,1-2H3,(H2,26,27,29,30). The van der Waals surface area contributed by atoms with E-state index in [0.717, 1.165) is 5.56 Å². The monoisotopic (exact) mass is 466 g/mol. The third-order valence-electron chi connectivity index (χ3n) is 5.17. The first-order valence-corrected chi connectivity index (χ1v) is 11.1. The summed E-state index contributed by atoms with van der Waals surface area (Å²) in [6.07, 6.45) is 2.28. The van der Waals surface area contributed by atoms with Crippen LogP contribution in [0.25, 0.3) is 11.2 Å². The molecule has 0 amide bonds. The van der Waals surface area contributed by atoms with Gasteiger partial charge in [0.2, 0.25) is 5.95 Å². The Balaban J connectivity index is 1.65. The second-order valence-electron chi connectivity index (χ2n) is 8.54. The number of aromatic nitrogens is 4. The second-order valence-corrected chi connectivity index (χ2v) is 8.98. The van der Waals surface area contributed by atoms with Gasteiger partial charge in [-0.1, -0.05) is 41.9 Å². The third kappa shape index (κ3) is 5.91. The number of phenolic OH excluding ortho intramolecular Hbond substituents is 1. The molecule has 33 heavy (non-hydrogen) atoms. The Labute approximate surface area is 197 Å². The maximum Gasteiger partial charge on any atom is 0.226 e. The van der Waals surface area contributed by atoms with Gasteiger partial charge < -0.3 is 25.4 Å². The van der Waals surface area contributed by atoms with E-state index in [2.05, 4.69) is 37.7 Å². The number of anilines is 2. The topological polar surface area (TPSA) is 108 Å². The van der Waals surface area contributed by atoms with Crippen molar-refractivity contribution in [3.8, 4) is 5.75 Å². The minimum absolute atomic E-state index is 0.148. The van der Waals surface area contributed by atoms with Crippen LogP contribution in [0.1, 0.15) is 31.4 Å². The largest absolute Gasteiger partial charge is 0.508 e. The van der Waals surface area contributed by atoms with E-state index < -0.39 is 5.60 Å². The number of rotatable bonds is 9. The first kappa shape index (κ1) is 22.8. The number of imidazole rings is 1. The molecule has 2 aromatic heterocycles. The highest BCUT2D eigenvalue weighted by atomic mass is 35.5. The number of nitrogens with zero attached hydrogens (tertiary/aromatic N) is 4. The number of halogens is 1. The van der Waals surface area contributed by atoms with Crippen molar-refractivity contribution in [1.29, 1.82) is 0 Å². The lowest BCUT2D eigenvalue weighted by molar-refractivity contribution is 0.0748. The predicted octanol–water partition coefficient (Wildman–Crippen LogP) is 4.42. The summed E-state index contributed by atoms with van der Waals surface area (Å²) in [6, 6.07) is 15.0. The molecule has 0 unspecified atom stereocenters. The zero-order chi connectivity index (χ0) is 23.4. The summed E-state index contributed by atoms with van der Waals surface area (Å²) in [6.45, 7) is 4.96. The summed E-state index contributed by atoms with van der Waals surface area (Å²) in [5.41, 5.74) is 2.29. The van der Waals surface area contributed by atoms with Crippen LogP contribution in [0.5, 0.6) is 5.75 Å². The maximum atomic E-state index is 10.2. The Morgan fingerprint density at radius 1 is 1.06 bits per heavy atom. The van der Waals surface area contributed by atoms with Gasteiger partial charge in [-0.3, -0.25) is 0 Å². The fraction of sp³-hybridized carbons (Fsp3) is 0.292. The quantitative estimate of drug-likeness (QED) is 0.289. The van der Waals surface area contributed by atoms with Crippen LogP contribution in [0.3, 0.4) is 0 Å². The average Bonchev–Trinajstić information content (AvgIpc) is 3.17. The highest BCUT2D eigenvalue weighted by Crippen LogP contribution is 2.26. The van der Waals surface area contributed by atoms with Gasteiger partial charge in [0.1, 0.15) is 5.75 Å². The van der Waals surface area contributed by atoms with Gasteiger partial charge in [-0.05, 0) is 44.0 Å². The average molecular weight is 467 g/mol. The molecule has 172 valence electrons. The van der Waals surface area contributed by atoms with Crippen LogP contribution < -0.4 is 10.6 Å². The molecule has 8 nitrogen and oxygen atoms in total. The molecule has 0 atom stereocenters.